The van der Waals surface area contributed by atoms with Gasteiger partial charge in [0.15, 0.2) is 5.58 Å². The van der Waals surface area contributed by atoms with Crippen molar-refractivity contribution in [2.75, 3.05) is 25.1 Å². The molecule has 1 saturated heterocycles. The third-order valence-electron chi connectivity index (χ3n) is 5.43. The summed E-state index contributed by atoms with van der Waals surface area (Å²) in [5.74, 6) is 0.860. The molecular formula is C22H24ClN3O3. The van der Waals surface area contributed by atoms with Gasteiger partial charge in [0.05, 0.1) is 13.2 Å². The van der Waals surface area contributed by atoms with Crippen LogP contribution in [0.3, 0.4) is 0 Å². The Morgan fingerprint density at radius 2 is 2.07 bits per heavy atom. The van der Waals surface area contributed by atoms with Crippen molar-refractivity contribution < 1.29 is 13.9 Å². The summed E-state index contributed by atoms with van der Waals surface area (Å²) in [5.41, 5.74) is 2.50. The Morgan fingerprint density at radius 1 is 1.28 bits per heavy atom. The summed E-state index contributed by atoms with van der Waals surface area (Å²) in [6.07, 6.45) is 1.52. The molecule has 0 bridgehead atoms. The van der Waals surface area contributed by atoms with Gasteiger partial charge in [-0.3, -0.25) is 4.79 Å². The van der Waals surface area contributed by atoms with Crippen LogP contribution in [0.15, 0.2) is 46.9 Å². The first-order chi connectivity index (χ1) is 14.0. The Kier molecular flexibility index (Phi) is 5.62. The average molecular weight is 414 g/mol. The highest BCUT2D eigenvalue weighted by atomic mass is 35.5. The van der Waals surface area contributed by atoms with Crippen molar-refractivity contribution in [1.29, 1.82) is 0 Å². The van der Waals surface area contributed by atoms with E-state index in [-0.39, 0.29) is 17.9 Å². The second-order valence-corrected chi connectivity index (χ2v) is 7.81. The maximum atomic E-state index is 12.7. The lowest BCUT2D eigenvalue weighted by atomic mass is 9.95. The Labute approximate surface area is 174 Å². The molecule has 152 valence electrons. The molecule has 1 aliphatic heterocycles. The van der Waals surface area contributed by atoms with Gasteiger partial charge in [0.1, 0.15) is 11.3 Å². The number of carbonyl (C=O) groups is 1. The normalized spacial score (nSPS) is 16.0. The molecule has 1 aromatic heterocycles. The second kappa shape index (κ2) is 8.33. The quantitative estimate of drug-likeness (QED) is 0.662. The summed E-state index contributed by atoms with van der Waals surface area (Å²) in [5, 5.41) is 3.76. The highest BCUT2D eigenvalue weighted by Gasteiger charge is 2.28. The number of piperidine rings is 1. The highest BCUT2D eigenvalue weighted by molar-refractivity contribution is 6.31. The standard InChI is InChI=1S/C22H24ClN3O3/c1-14(16-4-3-5-18(12-16)28-2)24-21(27)15-8-10-26(11-9-15)22-25-19-7-6-17(23)13-20(19)29-22/h3-7,12-15H,8-11H2,1-2H3,(H,24,27). The van der Waals surface area contributed by atoms with Crippen LogP contribution in [0.2, 0.25) is 5.02 Å². The summed E-state index contributed by atoms with van der Waals surface area (Å²) in [7, 11) is 1.64. The van der Waals surface area contributed by atoms with Crippen molar-refractivity contribution >= 4 is 34.6 Å². The molecule has 4 rings (SSSR count). The molecule has 2 heterocycles. The van der Waals surface area contributed by atoms with Gasteiger partial charge in [0.2, 0.25) is 5.91 Å². The van der Waals surface area contributed by atoms with Crippen LogP contribution >= 0.6 is 11.6 Å². The molecule has 1 aliphatic rings. The Morgan fingerprint density at radius 3 is 2.83 bits per heavy atom. The first-order valence-corrected chi connectivity index (χ1v) is 10.2. The van der Waals surface area contributed by atoms with Crippen LogP contribution in [0.1, 0.15) is 31.4 Å². The number of benzene rings is 2. The molecule has 0 saturated carbocycles. The molecule has 1 unspecified atom stereocenters. The number of methoxy groups -OCH3 is 1. The Balaban J connectivity index is 1.35. The van der Waals surface area contributed by atoms with Gasteiger partial charge < -0.3 is 19.4 Å². The van der Waals surface area contributed by atoms with Crippen LogP contribution < -0.4 is 15.0 Å². The fourth-order valence-electron chi connectivity index (χ4n) is 3.68. The summed E-state index contributed by atoms with van der Waals surface area (Å²) in [4.78, 5) is 19.4. The molecule has 1 atom stereocenters. The Bertz CT molecular complexity index is 1010. The van der Waals surface area contributed by atoms with E-state index in [9.17, 15) is 4.79 Å². The molecular weight excluding hydrogens is 390 g/mol. The van der Waals surface area contributed by atoms with Crippen molar-refractivity contribution in [1.82, 2.24) is 10.3 Å². The Hall–Kier alpha value is -2.73. The molecule has 1 N–H and O–H groups in total. The number of hydrogen-bond acceptors (Lipinski definition) is 5. The topological polar surface area (TPSA) is 67.6 Å². The lowest BCUT2D eigenvalue weighted by Crippen LogP contribution is -2.41. The van der Waals surface area contributed by atoms with E-state index >= 15 is 0 Å². The lowest BCUT2D eigenvalue weighted by molar-refractivity contribution is -0.126. The number of carbonyl (C=O) groups excluding carboxylic acids is 1. The van der Waals surface area contributed by atoms with Crippen LogP contribution in [-0.2, 0) is 4.79 Å². The minimum atomic E-state index is -0.0718. The number of hydrogen-bond donors (Lipinski definition) is 1. The van der Waals surface area contributed by atoms with Crippen molar-refractivity contribution in [2.24, 2.45) is 5.92 Å². The van der Waals surface area contributed by atoms with Crippen LogP contribution in [0.25, 0.3) is 11.1 Å². The van der Waals surface area contributed by atoms with Gasteiger partial charge in [-0.2, -0.15) is 4.98 Å². The number of aromatic nitrogens is 1. The van der Waals surface area contributed by atoms with Crippen LogP contribution in [-0.4, -0.2) is 31.1 Å². The van der Waals surface area contributed by atoms with Gasteiger partial charge in [-0.05, 0) is 49.6 Å². The summed E-state index contributed by atoms with van der Waals surface area (Å²) >= 11 is 6.02. The number of fused-ring (bicyclic) bond motifs is 1. The fourth-order valence-corrected chi connectivity index (χ4v) is 3.84. The van der Waals surface area contributed by atoms with Gasteiger partial charge in [0.25, 0.3) is 6.01 Å². The number of nitrogens with zero attached hydrogens (tertiary/aromatic N) is 2. The largest absolute Gasteiger partial charge is 0.497 e. The molecule has 0 aliphatic carbocycles. The number of amides is 1. The number of oxazole rings is 1. The first kappa shape index (κ1) is 19.6. The number of rotatable bonds is 5. The van der Waals surface area contributed by atoms with Crippen LogP contribution in [0.4, 0.5) is 6.01 Å². The highest BCUT2D eigenvalue weighted by Crippen LogP contribution is 2.28. The molecule has 0 spiro atoms. The van der Waals surface area contributed by atoms with Crippen molar-refractivity contribution in [3.63, 3.8) is 0 Å². The zero-order valence-electron chi connectivity index (χ0n) is 16.5. The number of halogens is 1. The van der Waals surface area contributed by atoms with Gasteiger partial charge in [0, 0.05) is 30.1 Å². The van der Waals surface area contributed by atoms with E-state index in [0.29, 0.717) is 16.6 Å². The van der Waals surface area contributed by atoms with E-state index in [1.54, 1.807) is 19.2 Å². The van der Waals surface area contributed by atoms with Crippen molar-refractivity contribution in [2.45, 2.75) is 25.8 Å². The predicted octanol–water partition coefficient (Wildman–Crippen LogP) is 4.58. The van der Waals surface area contributed by atoms with E-state index in [1.165, 1.54) is 0 Å². The molecule has 3 aromatic rings. The summed E-state index contributed by atoms with van der Waals surface area (Å²) < 4.78 is 11.1. The fraction of sp³-hybridized carbons (Fsp3) is 0.364. The van der Waals surface area contributed by atoms with Crippen molar-refractivity contribution in [3.05, 3.63) is 53.1 Å². The molecule has 7 heteroatoms. The van der Waals surface area contributed by atoms with E-state index in [1.807, 2.05) is 37.3 Å². The van der Waals surface area contributed by atoms with Crippen LogP contribution in [0.5, 0.6) is 5.75 Å². The number of anilines is 1. The average Bonchev–Trinajstić information content (AvgIpc) is 3.17. The molecule has 0 radical (unpaired) electrons. The second-order valence-electron chi connectivity index (χ2n) is 7.38. The van der Waals surface area contributed by atoms with E-state index in [4.69, 9.17) is 20.8 Å². The van der Waals surface area contributed by atoms with E-state index < -0.39 is 0 Å². The number of ether oxygens (including phenoxy) is 1. The lowest BCUT2D eigenvalue weighted by Gasteiger charge is -2.30. The van der Waals surface area contributed by atoms with E-state index in [2.05, 4.69) is 15.2 Å². The first-order valence-electron chi connectivity index (χ1n) is 9.79. The summed E-state index contributed by atoms with van der Waals surface area (Å²) in [6.45, 7) is 3.45. The maximum absolute atomic E-state index is 12.7. The molecule has 1 fully saturated rings. The predicted molar refractivity (Wildman–Crippen MR) is 114 cm³/mol. The van der Waals surface area contributed by atoms with Gasteiger partial charge in [-0.15, -0.1) is 0 Å². The van der Waals surface area contributed by atoms with Crippen LogP contribution in [0, 0.1) is 5.92 Å². The molecule has 6 nitrogen and oxygen atoms in total. The van der Waals surface area contributed by atoms with E-state index in [0.717, 1.165) is 42.8 Å². The molecule has 29 heavy (non-hydrogen) atoms. The number of nitrogens with one attached hydrogen (secondary N) is 1. The summed E-state index contributed by atoms with van der Waals surface area (Å²) in [6, 6.07) is 13.7. The van der Waals surface area contributed by atoms with Crippen molar-refractivity contribution in [3.8, 4) is 5.75 Å². The SMILES string of the molecule is COc1cccc(C(C)NC(=O)C2CCN(c3nc4ccc(Cl)cc4o3)CC2)c1. The molecule has 1 amide bonds. The zero-order valence-corrected chi connectivity index (χ0v) is 17.3. The maximum Gasteiger partial charge on any atom is 0.298 e. The smallest absolute Gasteiger partial charge is 0.298 e. The minimum Gasteiger partial charge on any atom is -0.497 e. The monoisotopic (exact) mass is 413 g/mol. The third-order valence-corrected chi connectivity index (χ3v) is 5.66. The molecule has 2 aromatic carbocycles. The van der Waals surface area contributed by atoms with Gasteiger partial charge in [-0.25, -0.2) is 0 Å². The van der Waals surface area contributed by atoms with Gasteiger partial charge in [-0.1, -0.05) is 23.7 Å². The third kappa shape index (κ3) is 4.32. The zero-order chi connectivity index (χ0) is 20.4. The van der Waals surface area contributed by atoms with Gasteiger partial charge >= 0.3 is 0 Å². The minimum absolute atomic E-state index is 0.0156.